The largest absolute Gasteiger partial charge is 0.478 e. The Morgan fingerprint density at radius 1 is 1.29 bits per heavy atom. The lowest BCUT2D eigenvalue weighted by Gasteiger charge is -2.24. The monoisotopic (exact) mass is 233 g/mol. The van der Waals surface area contributed by atoms with Gasteiger partial charge in [-0.15, -0.1) is 0 Å². The van der Waals surface area contributed by atoms with E-state index in [0.29, 0.717) is 11.6 Å². The summed E-state index contributed by atoms with van der Waals surface area (Å²) in [5.41, 5.74) is 2.86. The van der Waals surface area contributed by atoms with Crippen LogP contribution in [0, 0.1) is 0 Å². The Balaban J connectivity index is 2.19. The fourth-order valence-corrected chi connectivity index (χ4v) is 2.62. The molecule has 2 rings (SSSR count). The lowest BCUT2D eigenvalue weighted by atomic mass is 10.1. The highest BCUT2D eigenvalue weighted by molar-refractivity contribution is 5.87. The van der Waals surface area contributed by atoms with E-state index in [1.165, 1.54) is 11.1 Å². The fraction of sp³-hybridized carbons (Fsp3) is 0.500. The molecular weight excluding hydrogens is 214 g/mol. The number of carboxylic acid groups (broad SMARTS) is 1. The Labute approximate surface area is 102 Å². The zero-order chi connectivity index (χ0) is 12.4. The van der Waals surface area contributed by atoms with Crippen LogP contribution < -0.4 is 0 Å². The van der Waals surface area contributed by atoms with Crippen molar-refractivity contribution >= 4 is 5.97 Å². The molecule has 3 heteroatoms. The highest BCUT2D eigenvalue weighted by atomic mass is 16.4. The van der Waals surface area contributed by atoms with Crippen molar-refractivity contribution in [2.45, 2.75) is 45.8 Å². The smallest absolute Gasteiger partial charge is 0.335 e. The maximum absolute atomic E-state index is 10.9. The summed E-state index contributed by atoms with van der Waals surface area (Å²) in [7, 11) is 0. The predicted octanol–water partition coefficient (Wildman–Crippen LogP) is 2.89. The van der Waals surface area contributed by atoms with Crippen LogP contribution in [-0.2, 0) is 13.1 Å². The van der Waals surface area contributed by atoms with Crippen molar-refractivity contribution in [3.8, 4) is 0 Å². The molecule has 1 aromatic carbocycles. The summed E-state index contributed by atoms with van der Waals surface area (Å²) < 4.78 is 0. The number of aromatic carboxylic acids is 1. The van der Waals surface area contributed by atoms with Gasteiger partial charge in [0.05, 0.1) is 5.56 Å². The topological polar surface area (TPSA) is 40.5 Å². The molecule has 17 heavy (non-hydrogen) atoms. The summed E-state index contributed by atoms with van der Waals surface area (Å²) in [5.74, 6) is -0.839. The number of carboxylic acids is 1. The second-order valence-corrected chi connectivity index (χ2v) is 4.66. The van der Waals surface area contributed by atoms with Gasteiger partial charge in [0.15, 0.2) is 0 Å². The summed E-state index contributed by atoms with van der Waals surface area (Å²) >= 11 is 0. The van der Waals surface area contributed by atoms with Crippen molar-refractivity contribution in [2.24, 2.45) is 0 Å². The number of nitrogens with zero attached hydrogens (tertiary/aromatic N) is 1. The van der Waals surface area contributed by atoms with Crippen molar-refractivity contribution < 1.29 is 9.90 Å². The summed E-state index contributed by atoms with van der Waals surface area (Å²) in [4.78, 5) is 13.4. The zero-order valence-corrected chi connectivity index (χ0v) is 10.4. The molecule has 0 fully saturated rings. The SMILES string of the molecule is CCC(CC)N1Cc2ccc(C(=O)O)cc2C1. The van der Waals surface area contributed by atoms with Gasteiger partial charge in [-0.25, -0.2) is 4.79 Å². The Hall–Kier alpha value is -1.35. The molecule has 0 aliphatic carbocycles. The van der Waals surface area contributed by atoms with Gasteiger partial charge in [-0.1, -0.05) is 19.9 Å². The van der Waals surface area contributed by atoms with Crippen LogP contribution in [0.5, 0.6) is 0 Å². The number of hydrogen-bond acceptors (Lipinski definition) is 2. The third-order valence-electron chi connectivity index (χ3n) is 3.66. The quantitative estimate of drug-likeness (QED) is 0.869. The van der Waals surface area contributed by atoms with Gasteiger partial charge < -0.3 is 5.11 Å². The molecule has 1 aromatic rings. The highest BCUT2D eigenvalue weighted by Gasteiger charge is 2.24. The Kier molecular flexibility index (Phi) is 3.48. The van der Waals surface area contributed by atoms with E-state index < -0.39 is 5.97 Å². The average molecular weight is 233 g/mol. The van der Waals surface area contributed by atoms with Crippen molar-refractivity contribution in [3.63, 3.8) is 0 Å². The van der Waals surface area contributed by atoms with Crippen LogP contribution in [0.25, 0.3) is 0 Å². The zero-order valence-electron chi connectivity index (χ0n) is 10.4. The summed E-state index contributed by atoms with van der Waals surface area (Å²) in [5, 5.41) is 8.97. The van der Waals surface area contributed by atoms with E-state index in [9.17, 15) is 4.79 Å². The Morgan fingerprint density at radius 2 is 1.94 bits per heavy atom. The molecule has 0 spiro atoms. The summed E-state index contributed by atoms with van der Waals surface area (Å²) in [6.07, 6.45) is 2.30. The van der Waals surface area contributed by atoms with Crippen LogP contribution in [-0.4, -0.2) is 22.0 Å². The van der Waals surface area contributed by atoms with Crippen LogP contribution >= 0.6 is 0 Å². The number of carbonyl (C=O) groups is 1. The van der Waals surface area contributed by atoms with E-state index in [0.717, 1.165) is 25.9 Å². The minimum atomic E-state index is -0.839. The first-order valence-corrected chi connectivity index (χ1v) is 6.24. The first-order chi connectivity index (χ1) is 8.15. The van der Waals surface area contributed by atoms with Crippen molar-refractivity contribution in [2.75, 3.05) is 0 Å². The van der Waals surface area contributed by atoms with Crippen LogP contribution in [0.15, 0.2) is 18.2 Å². The molecule has 1 aliphatic rings. The van der Waals surface area contributed by atoms with E-state index in [2.05, 4.69) is 18.7 Å². The molecule has 1 N–H and O–H groups in total. The van der Waals surface area contributed by atoms with Crippen LogP contribution in [0.4, 0.5) is 0 Å². The van der Waals surface area contributed by atoms with E-state index in [1.54, 1.807) is 6.07 Å². The fourth-order valence-electron chi connectivity index (χ4n) is 2.62. The molecule has 0 amide bonds. The molecule has 1 heterocycles. The average Bonchev–Trinajstić information content (AvgIpc) is 2.72. The van der Waals surface area contributed by atoms with Crippen LogP contribution in [0.3, 0.4) is 0 Å². The summed E-state index contributed by atoms with van der Waals surface area (Å²) in [6, 6.07) is 6.09. The van der Waals surface area contributed by atoms with Gasteiger partial charge in [-0.3, -0.25) is 4.90 Å². The molecule has 0 unspecified atom stereocenters. The molecule has 3 nitrogen and oxygen atoms in total. The van der Waals surface area contributed by atoms with E-state index in [-0.39, 0.29) is 0 Å². The normalized spacial score (nSPS) is 15.2. The van der Waals surface area contributed by atoms with Gasteiger partial charge in [0, 0.05) is 19.1 Å². The number of hydrogen-bond donors (Lipinski definition) is 1. The van der Waals surface area contributed by atoms with Gasteiger partial charge in [-0.2, -0.15) is 0 Å². The van der Waals surface area contributed by atoms with Crippen molar-refractivity contribution in [1.29, 1.82) is 0 Å². The van der Waals surface area contributed by atoms with Gasteiger partial charge >= 0.3 is 5.97 Å². The van der Waals surface area contributed by atoms with Gasteiger partial charge in [0.1, 0.15) is 0 Å². The van der Waals surface area contributed by atoms with Gasteiger partial charge in [0.25, 0.3) is 0 Å². The van der Waals surface area contributed by atoms with Crippen molar-refractivity contribution in [1.82, 2.24) is 4.90 Å². The standard InChI is InChI=1S/C14H19NO2/c1-3-13(4-2)15-8-11-6-5-10(14(16)17)7-12(11)9-15/h5-7,13H,3-4,8-9H2,1-2H3,(H,16,17). The number of fused-ring (bicyclic) bond motifs is 1. The lowest BCUT2D eigenvalue weighted by molar-refractivity contribution is 0.0696. The molecule has 0 bridgehead atoms. The highest BCUT2D eigenvalue weighted by Crippen LogP contribution is 2.27. The van der Waals surface area contributed by atoms with E-state index in [4.69, 9.17) is 5.11 Å². The molecule has 0 saturated carbocycles. The maximum atomic E-state index is 10.9. The maximum Gasteiger partial charge on any atom is 0.335 e. The van der Waals surface area contributed by atoms with Gasteiger partial charge in [-0.05, 0) is 36.1 Å². The minimum absolute atomic E-state index is 0.398. The second kappa shape index (κ2) is 4.88. The molecule has 0 saturated heterocycles. The minimum Gasteiger partial charge on any atom is -0.478 e. The molecule has 0 aromatic heterocycles. The lowest BCUT2D eigenvalue weighted by Crippen LogP contribution is -2.29. The molecule has 92 valence electrons. The number of benzene rings is 1. The van der Waals surface area contributed by atoms with Crippen LogP contribution in [0.2, 0.25) is 0 Å². The molecule has 0 radical (unpaired) electrons. The number of rotatable bonds is 4. The van der Waals surface area contributed by atoms with E-state index in [1.807, 2.05) is 12.1 Å². The molecular formula is C14H19NO2. The Morgan fingerprint density at radius 3 is 2.53 bits per heavy atom. The third kappa shape index (κ3) is 2.34. The third-order valence-corrected chi connectivity index (χ3v) is 3.66. The molecule has 1 aliphatic heterocycles. The van der Waals surface area contributed by atoms with Crippen LogP contribution in [0.1, 0.15) is 48.2 Å². The van der Waals surface area contributed by atoms with Gasteiger partial charge in [0.2, 0.25) is 0 Å². The van der Waals surface area contributed by atoms with E-state index >= 15 is 0 Å². The first-order valence-electron chi connectivity index (χ1n) is 6.24. The Bertz CT molecular complexity index is 424. The first kappa shape index (κ1) is 12.1. The molecule has 0 atom stereocenters. The van der Waals surface area contributed by atoms with Crippen molar-refractivity contribution in [3.05, 3.63) is 34.9 Å². The summed E-state index contributed by atoms with van der Waals surface area (Å²) in [6.45, 7) is 6.27. The second-order valence-electron chi connectivity index (χ2n) is 4.66. The predicted molar refractivity (Wildman–Crippen MR) is 67.0 cm³/mol.